The third kappa shape index (κ3) is 3.00. The van der Waals surface area contributed by atoms with Crippen molar-refractivity contribution in [3.05, 3.63) is 34.9 Å². The van der Waals surface area contributed by atoms with Gasteiger partial charge in [-0.1, -0.05) is 0 Å². The Morgan fingerprint density at radius 2 is 2.00 bits per heavy atom. The van der Waals surface area contributed by atoms with Gasteiger partial charge in [0.25, 0.3) is 0 Å². The molecule has 0 aromatic heterocycles. The van der Waals surface area contributed by atoms with Crippen molar-refractivity contribution < 1.29 is 18.7 Å². The second kappa shape index (κ2) is 5.55. The molecule has 0 amide bonds. The molecule has 0 heterocycles. The molecule has 1 aromatic rings. The van der Waals surface area contributed by atoms with Gasteiger partial charge in [-0.3, -0.25) is 0 Å². The Kier molecular flexibility index (Phi) is 4.37. The van der Waals surface area contributed by atoms with Crippen LogP contribution in [-0.2, 0) is 6.42 Å². The number of carbonyl (C=O) groups is 1. The maximum Gasteiger partial charge on any atom is 0.338 e. The highest BCUT2D eigenvalue weighted by Gasteiger charge is 2.15. The fourth-order valence-corrected chi connectivity index (χ4v) is 1.42. The van der Waals surface area contributed by atoms with E-state index in [4.69, 9.17) is 10.8 Å². The van der Waals surface area contributed by atoms with E-state index in [1.54, 1.807) is 0 Å². The largest absolute Gasteiger partial charge is 0.478 e. The number of carboxylic acids is 1. The number of nitrogens with two attached hydrogens (primary N) is 1. The van der Waals surface area contributed by atoms with Crippen LogP contribution in [0.1, 0.15) is 28.8 Å². The molecule has 0 aliphatic heterocycles. The van der Waals surface area contributed by atoms with E-state index in [2.05, 4.69) is 0 Å². The minimum atomic E-state index is -1.46. The van der Waals surface area contributed by atoms with Crippen molar-refractivity contribution in [2.24, 2.45) is 5.73 Å². The van der Waals surface area contributed by atoms with E-state index in [9.17, 15) is 13.6 Å². The topological polar surface area (TPSA) is 63.3 Å². The summed E-state index contributed by atoms with van der Waals surface area (Å²) in [6.45, 7) is 0.523. The number of aromatic carboxylic acids is 1. The summed E-state index contributed by atoms with van der Waals surface area (Å²) >= 11 is 0. The SMILES string of the molecule is NCCCCc1cc(F)c(F)c(C(=O)O)c1. The van der Waals surface area contributed by atoms with Crippen LogP contribution in [0.15, 0.2) is 12.1 Å². The molecule has 0 atom stereocenters. The van der Waals surface area contributed by atoms with Gasteiger partial charge in [-0.05, 0) is 43.5 Å². The molecular formula is C11H13F2NO2. The first-order valence-electron chi connectivity index (χ1n) is 4.97. The average molecular weight is 229 g/mol. The lowest BCUT2D eigenvalue weighted by atomic mass is 10.0. The van der Waals surface area contributed by atoms with E-state index < -0.39 is 23.2 Å². The molecule has 0 saturated carbocycles. The average Bonchev–Trinajstić information content (AvgIpc) is 2.23. The molecule has 5 heteroatoms. The van der Waals surface area contributed by atoms with Crippen LogP contribution in [0.5, 0.6) is 0 Å². The fraction of sp³-hybridized carbons (Fsp3) is 0.364. The van der Waals surface area contributed by atoms with Crippen LogP contribution < -0.4 is 5.73 Å². The molecule has 0 radical (unpaired) electrons. The lowest BCUT2D eigenvalue weighted by Gasteiger charge is -2.04. The number of halogens is 2. The number of hydrogen-bond donors (Lipinski definition) is 2. The normalized spacial score (nSPS) is 10.4. The molecule has 0 saturated heterocycles. The van der Waals surface area contributed by atoms with E-state index in [0.29, 0.717) is 18.5 Å². The van der Waals surface area contributed by atoms with Crippen LogP contribution in [-0.4, -0.2) is 17.6 Å². The monoisotopic (exact) mass is 229 g/mol. The molecule has 0 aliphatic rings. The molecule has 0 fully saturated rings. The molecular weight excluding hydrogens is 216 g/mol. The summed E-state index contributed by atoms with van der Waals surface area (Å²) in [6.07, 6.45) is 1.98. The van der Waals surface area contributed by atoms with Crippen LogP contribution in [0, 0.1) is 11.6 Å². The van der Waals surface area contributed by atoms with Crippen molar-refractivity contribution >= 4 is 5.97 Å². The van der Waals surface area contributed by atoms with Crippen LogP contribution in [0.2, 0.25) is 0 Å². The van der Waals surface area contributed by atoms with Gasteiger partial charge in [0, 0.05) is 0 Å². The van der Waals surface area contributed by atoms with Crippen molar-refractivity contribution in [1.29, 1.82) is 0 Å². The molecule has 1 aromatic carbocycles. The number of rotatable bonds is 5. The molecule has 0 unspecified atom stereocenters. The Bertz CT molecular complexity index is 394. The number of carboxylic acid groups (broad SMARTS) is 1. The van der Waals surface area contributed by atoms with Crippen LogP contribution in [0.4, 0.5) is 8.78 Å². The third-order valence-electron chi connectivity index (χ3n) is 2.24. The molecule has 0 spiro atoms. The summed E-state index contributed by atoms with van der Waals surface area (Å²) in [6, 6.07) is 2.19. The minimum absolute atomic E-state index is 0.477. The van der Waals surface area contributed by atoms with E-state index in [0.717, 1.165) is 25.0 Å². The van der Waals surface area contributed by atoms with Gasteiger partial charge in [0.2, 0.25) is 0 Å². The Hall–Kier alpha value is -1.49. The summed E-state index contributed by atoms with van der Waals surface area (Å²) in [4.78, 5) is 10.6. The minimum Gasteiger partial charge on any atom is -0.478 e. The summed E-state index contributed by atoms with van der Waals surface area (Å²) < 4.78 is 26.1. The molecule has 3 N–H and O–H groups in total. The lowest BCUT2D eigenvalue weighted by molar-refractivity contribution is 0.0690. The molecule has 16 heavy (non-hydrogen) atoms. The quantitative estimate of drug-likeness (QED) is 0.758. The van der Waals surface area contributed by atoms with Crippen molar-refractivity contribution in [3.8, 4) is 0 Å². The lowest BCUT2D eigenvalue weighted by Crippen LogP contribution is -2.05. The first-order chi connectivity index (χ1) is 7.56. The van der Waals surface area contributed by atoms with Crippen LogP contribution in [0.25, 0.3) is 0 Å². The predicted octanol–water partition coefficient (Wildman–Crippen LogP) is 1.94. The van der Waals surface area contributed by atoms with E-state index >= 15 is 0 Å². The van der Waals surface area contributed by atoms with Gasteiger partial charge in [-0.25, -0.2) is 13.6 Å². The zero-order chi connectivity index (χ0) is 12.1. The zero-order valence-electron chi connectivity index (χ0n) is 8.67. The van der Waals surface area contributed by atoms with Gasteiger partial charge in [0.1, 0.15) is 0 Å². The predicted molar refractivity (Wildman–Crippen MR) is 55.3 cm³/mol. The van der Waals surface area contributed by atoms with Gasteiger partial charge in [-0.2, -0.15) is 0 Å². The first kappa shape index (κ1) is 12.6. The van der Waals surface area contributed by atoms with Crippen molar-refractivity contribution in [3.63, 3.8) is 0 Å². The Morgan fingerprint density at radius 1 is 1.31 bits per heavy atom. The second-order valence-electron chi connectivity index (χ2n) is 3.49. The van der Waals surface area contributed by atoms with Gasteiger partial charge in [0.05, 0.1) is 5.56 Å². The Labute approximate surface area is 91.9 Å². The van der Waals surface area contributed by atoms with E-state index in [1.807, 2.05) is 0 Å². The molecule has 88 valence electrons. The molecule has 0 aliphatic carbocycles. The van der Waals surface area contributed by atoms with E-state index in [-0.39, 0.29) is 0 Å². The zero-order valence-corrected chi connectivity index (χ0v) is 8.67. The highest BCUT2D eigenvalue weighted by molar-refractivity contribution is 5.88. The second-order valence-corrected chi connectivity index (χ2v) is 3.49. The summed E-state index contributed by atoms with van der Waals surface area (Å²) in [5.41, 5.74) is 5.15. The standard InChI is InChI=1S/C11H13F2NO2/c12-9-6-7(3-1-2-4-14)5-8(10(9)13)11(15)16/h5-6H,1-4,14H2,(H,15,16). The van der Waals surface area contributed by atoms with Gasteiger partial charge >= 0.3 is 5.97 Å². The Balaban J connectivity index is 2.91. The molecule has 0 bridgehead atoms. The summed E-state index contributed by atoms with van der Waals surface area (Å²) in [5.74, 6) is -3.89. The third-order valence-corrected chi connectivity index (χ3v) is 2.24. The Morgan fingerprint density at radius 3 is 2.56 bits per heavy atom. The first-order valence-corrected chi connectivity index (χ1v) is 4.97. The number of hydrogen-bond acceptors (Lipinski definition) is 2. The van der Waals surface area contributed by atoms with Gasteiger partial charge in [0.15, 0.2) is 11.6 Å². The molecule has 1 rings (SSSR count). The number of benzene rings is 1. The maximum absolute atomic E-state index is 13.0. The highest BCUT2D eigenvalue weighted by atomic mass is 19.2. The van der Waals surface area contributed by atoms with Crippen molar-refractivity contribution in [2.75, 3.05) is 6.54 Å². The van der Waals surface area contributed by atoms with Crippen molar-refractivity contribution in [2.45, 2.75) is 19.3 Å². The fourth-order valence-electron chi connectivity index (χ4n) is 1.42. The van der Waals surface area contributed by atoms with Crippen LogP contribution >= 0.6 is 0 Å². The van der Waals surface area contributed by atoms with Crippen molar-refractivity contribution in [1.82, 2.24) is 0 Å². The number of aryl methyl sites for hydroxylation is 1. The number of unbranched alkanes of at least 4 members (excludes halogenated alkanes) is 1. The summed E-state index contributed by atoms with van der Waals surface area (Å²) in [5, 5.41) is 8.66. The van der Waals surface area contributed by atoms with Gasteiger partial charge < -0.3 is 10.8 Å². The highest BCUT2D eigenvalue weighted by Crippen LogP contribution is 2.16. The van der Waals surface area contributed by atoms with Gasteiger partial charge in [-0.15, -0.1) is 0 Å². The van der Waals surface area contributed by atoms with E-state index in [1.165, 1.54) is 0 Å². The van der Waals surface area contributed by atoms with Crippen LogP contribution in [0.3, 0.4) is 0 Å². The molecule has 3 nitrogen and oxygen atoms in total. The smallest absolute Gasteiger partial charge is 0.338 e. The maximum atomic E-state index is 13.0. The summed E-state index contributed by atoms with van der Waals surface area (Å²) in [7, 11) is 0.